The van der Waals surface area contributed by atoms with Crippen LogP contribution in [0.25, 0.3) is 11.3 Å². The number of aromatic amines is 1. The quantitative estimate of drug-likeness (QED) is 0.478. The van der Waals surface area contributed by atoms with Gasteiger partial charge in [0.2, 0.25) is 0 Å². The van der Waals surface area contributed by atoms with Gasteiger partial charge in [0, 0.05) is 13.0 Å². The highest BCUT2D eigenvalue weighted by Crippen LogP contribution is 2.46. The zero-order chi connectivity index (χ0) is 22.8. The van der Waals surface area contributed by atoms with Gasteiger partial charge in [-0.25, -0.2) is 0 Å². The van der Waals surface area contributed by atoms with Crippen molar-refractivity contribution in [3.8, 4) is 11.3 Å². The fraction of sp³-hybridized carbons (Fsp3) is 0.379. The molecule has 0 radical (unpaired) electrons. The second-order valence-electron chi connectivity index (χ2n) is 9.68. The Labute approximate surface area is 195 Å². The summed E-state index contributed by atoms with van der Waals surface area (Å²) < 4.78 is 0. The zero-order valence-corrected chi connectivity index (χ0v) is 19.3. The second kappa shape index (κ2) is 9.38. The van der Waals surface area contributed by atoms with Crippen LogP contribution in [0, 0.1) is 5.92 Å². The number of hydrogen-bond donors (Lipinski definition) is 2. The van der Waals surface area contributed by atoms with Gasteiger partial charge in [-0.05, 0) is 47.3 Å². The number of carbonyl (C=O) groups excluding carboxylic acids is 2. The number of H-pyrrole nitrogens is 1. The number of amides is 1. The lowest BCUT2D eigenvalue weighted by molar-refractivity contribution is 0.0942. The van der Waals surface area contributed by atoms with E-state index < -0.39 is 0 Å². The lowest BCUT2D eigenvalue weighted by Crippen LogP contribution is -2.32. The van der Waals surface area contributed by atoms with Crippen molar-refractivity contribution in [3.63, 3.8) is 0 Å². The summed E-state index contributed by atoms with van der Waals surface area (Å²) in [6.07, 6.45) is 6.62. The number of benzene rings is 2. The molecule has 0 aliphatic heterocycles. The summed E-state index contributed by atoms with van der Waals surface area (Å²) in [7, 11) is 0. The van der Waals surface area contributed by atoms with Crippen LogP contribution in [0.1, 0.15) is 89.3 Å². The van der Waals surface area contributed by atoms with Crippen LogP contribution in [-0.2, 0) is 0 Å². The summed E-state index contributed by atoms with van der Waals surface area (Å²) in [4.78, 5) is 30.3. The Bertz CT molecular complexity index is 1130. The van der Waals surface area contributed by atoms with Crippen molar-refractivity contribution in [1.29, 1.82) is 0 Å². The number of ketones is 1. The summed E-state index contributed by atoms with van der Waals surface area (Å²) in [5.41, 5.74) is 4.98. The molecule has 2 aromatic carbocycles. The van der Waals surface area contributed by atoms with Crippen LogP contribution in [0.5, 0.6) is 0 Å². The Hall–Kier alpha value is -3.14. The molecule has 1 fully saturated rings. The standard InChI is InChI=1S/C29H32N2O2/c1-19-23(21-13-7-3-8-14-21)17-24(32)28-25(19)26(27(31-28)22-15-9-4-10-16-22)29(33)30-18-20-11-5-2-6-12-20/h3-4,7-10,13-16,19-20,23,31H,2,5-6,11-12,17-18H2,1H3,(H,30,33)/t19-,23+/m0/s1. The molecule has 1 aromatic heterocycles. The average molecular weight is 441 g/mol. The van der Waals surface area contributed by atoms with E-state index in [9.17, 15) is 9.59 Å². The van der Waals surface area contributed by atoms with Crippen LogP contribution < -0.4 is 5.32 Å². The first-order valence-corrected chi connectivity index (χ1v) is 12.3. The molecule has 2 N–H and O–H groups in total. The smallest absolute Gasteiger partial charge is 0.253 e. The summed E-state index contributed by atoms with van der Waals surface area (Å²) in [6.45, 7) is 2.86. The highest BCUT2D eigenvalue weighted by Gasteiger charge is 2.39. The third kappa shape index (κ3) is 4.27. The number of Topliss-reactive ketones (excluding diaryl/α,β-unsaturated/α-hetero) is 1. The van der Waals surface area contributed by atoms with Crippen LogP contribution in [0.2, 0.25) is 0 Å². The van der Waals surface area contributed by atoms with Crippen molar-refractivity contribution in [1.82, 2.24) is 10.3 Å². The fourth-order valence-corrected chi connectivity index (χ4v) is 5.75. The van der Waals surface area contributed by atoms with E-state index in [-0.39, 0.29) is 23.5 Å². The molecule has 2 aliphatic rings. The van der Waals surface area contributed by atoms with Crippen LogP contribution in [0.3, 0.4) is 0 Å². The van der Waals surface area contributed by atoms with E-state index in [1.807, 2.05) is 48.5 Å². The minimum atomic E-state index is -0.0645. The summed E-state index contributed by atoms with van der Waals surface area (Å²) in [6, 6.07) is 20.1. The molecule has 2 atom stereocenters. The highest BCUT2D eigenvalue weighted by atomic mass is 16.1. The van der Waals surface area contributed by atoms with Crippen LogP contribution in [0.4, 0.5) is 0 Å². The minimum Gasteiger partial charge on any atom is -0.352 e. The van der Waals surface area contributed by atoms with Gasteiger partial charge in [-0.1, -0.05) is 86.8 Å². The van der Waals surface area contributed by atoms with E-state index in [0.29, 0.717) is 30.1 Å². The molecule has 5 rings (SSSR count). The first-order valence-electron chi connectivity index (χ1n) is 12.3. The van der Waals surface area contributed by atoms with E-state index in [1.165, 1.54) is 32.1 Å². The van der Waals surface area contributed by atoms with Gasteiger partial charge < -0.3 is 10.3 Å². The third-order valence-corrected chi connectivity index (χ3v) is 7.58. The average Bonchev–Trinajstić information content (AvgIpc) is 3.28. The highest BCUT2D eigenvalue weighted by molar-refractivity contribution is 6.08. The molecule has 1 amide bonds. The number of fused-ring (bicyclic) bond motifs is 1. The maximum atomic E-state index is 13.7. The molecule has 1 saturated carbocycles. The lowest BCUT2D eigenvalue weighted by atomic mass is 9.73. The van der Waals surface area contributed by atoms with E-state index in [4.69, 9.17) is 0 Å². The Kier molecular flexibility index (Phi) is 6.17. The van der Waals surface area contributed by atoms with E-state index in [2.05, 4.69) is 29.4 Å². The lowest BCUT2D eigenvalue weighted by Gasteiger charge is -2.29. The van der Waals surface area contributed by atoms with Crippen molar-refractivity contribution >= 4 is 11.7 Å². The minimum absolute atomic E-state index is 0.0595. The summed E-state index contributed by atoms with van der Waals surface area (Å²) in [5, 5.41) is 3.23. The summed E-state index contributed by atoms with van der Waals surface area (Å²) in [5.74, 6) is 0.694. The van der Waals surface area contributed by atoms with Gasteiger partial charge in [-0.15, -0.1) is 0 Å². The number of carbonyl (C=O) groups is 2. The number of nitrogens with one attached hydrogen (secondary N) is 2. The molecule has 0 spiro atoms. The van der Waals surface area contributed by atoms with Crippen LogP contribution >= 0.6 is 0 Å². The molecule has 1 heterocycles. The van der Waals surface area contributed by atoms with Gasteiger partial charge in [0.25, 0.3) is 5.91 Å². The maximum Gasteiger partial charge on any atom is 0.253 e. The third-order valence-electron chi connectivity index (χ3n) is 7.58. The van der Waals surface area contributed by atoms with Crippen LogP contribution in [0.15, 0.2) is 60.7 Å². The maximum absolute atomic E-state index is 13.7. The molecule has 0 bridgehead atoms. The normalized spacial score (nSPS) is 20.9. The largest absolute Gasteiger partial charge is 0.352 e. The van der Waals surface area contributed by atoms with Gasteiger partial charge >= 0.3 is 0 Å². The Balaban J connectivity index is 1.55. The topological polar surface area (TPSA) is 62.0 Å². The Morgan fingerprint density at radius 3 is 2.30 bits per heavy atom. The number of rotatable bonds is 5. The number of aromatic nitrogens is 1. The molecular weight excluding hydrogens is 408 g/mol. The molecule has 4 heteroatoms. The summed E-state index contributed by atoms with van der Waals surface area (Å²) >= 11 is 0. The molecule has 0 saturated heterocycles. The van der Waals surface area contributed by atoms with E-state index in [0.717, 1.165) is 22.4 Å². The van der Waals surface area contributed by atoms with E-state index >= 15 is 0 Å². The number of hydrogen-bond acceptors (Lipinski definition) is 2. The SMILES string of the molecule is C[C@@H]1c2c([nH]c(-c3ccccc3)c2C(=O)NCC2CCCCC2)C(=O)C[C@H]1c1ccccc1. The molecule has 0 unspecified atom stereocenters. The van der Waals surface area contributed by atoms with Gasteiger partial charge in [0.05, 0.1) is 17.0 Å². The van der Waals surface area contributed by atoms with Crippen molar-refractivity contribution in [3.05, 3.63) is 83.0 Å². The first kappa shape index (κ1) is 21.7. The fourth-order valence-electron chi connectivity index (χ4n) is 5.75. The predicted molar refractivity (Wildman–Crippen MR) is 132 cm³/mol. The predicted octanol–water partition coefficient (Wildman–Crippen LogP) is 6.47. The zero-order valence-electron chi connectivity index (χ0n) is 19.3. The van der Waals surface area contributed by atoms with Gasteiger partial charge in [0.15, 0.2) is 5.78 Å². The Morgan fingerprint density at radius 1 is 0.939 bits per heavy atom. The molecule has 170 valence electrons. The van der Waals surface area contributed by atoms with E-state index in [1.54, 1.807) is 0 Å². The van der Waals surface area contributed by atoms with Crippen molar-refractivity contribution in [2.24, 2.45) is 5.92 Å². The molecule has 3 aromatic rings. The monoisotopic (exact) mass is 440 g/mol. The van der Waals surface area contributed by atoms with Crippen molar-refractivity contribution < 1.29 is 9.59 Å². The van der Waals surface area contributed by atoms with Crippen molar-refractivity contribution in [2.75, 3.05) is 6.54 Å². The van der Waals surface area contributed by atoms with Gasteiger partial charge in [0.1, 0.15) is 0 Å². The Morgan fingerprint density at radius 2 is 1.61 bits per heavy atom. The molecule has 33 heavy (non-hydrogen) atoms. The first-order chi connectivity index (χ1) is 16.1. The van der Waals surface area contributed by atoms with Crippen molar-refractivity contribution in [2.45, 2.75) is 57.3 Å². The second-order valence-corrected chi connectivity index (χ2v) is 9.68. The molecular formula is C29H32N2O2. The van der Waals surface area contributed by atoms with Gasteiger partial charge in [-0.2, -0.15) is 0 Å². The van der Waals surface area contributed by atoms with Gasteiger partial charge in [-0.3, -0.25) is 9.59 Å². The molecule has 2 aliphatic carbocycles. The van der Waals surface area contributed by atoms with Crippen LogP contribution in [-0.4, -0.2) is 23.2 Å². The molecule has 4 nitrogen and oxygen atoms in total.